The Hall–Kier alpha value is -1.24. The van der Waals surface area contributed by atoms with Gasteiger partial charge in [0, 0.05) is 28.3 Å². The molecular formula is C7H9NO5S. The van der Waals surface area contributed by atoms with E-state index in [1.807, 2.05) is 0 Å². The van der Waals surface area contributed by atoms with Crippen LogP contribution in [0.4, 0.5) is 0 Å². The molecule has 1 amide bonds. The SMILES string of the molecule is O=C(O)C(=O)C(=O)NC1CCS(=O)C1. The Morgan fingerprint density at radius 1 is 1.36 bits per heavy atom. The number of amides is 1. The second-order valence-corrected chi connectivity index (χ2v) is 4.53. The van der Waals surface area contributed by atoms with Gasteiger partial charge in [-0.25, -0.2) is 4.79 Å². The van der Waals surface area contributed by atoms with Crippen molar-refractivity contribution in [2.75, 3.05) is 11.5 Å². The van der Waals surface area contributed by atoms with Crippen LogP contribution in [0.25, 0.3) is 0 Å². The van der Waals surface area contributed by atoms with Crippen LogP contribution in [0.5, 0.6) is 0 Å². The minimum atomic E-state index is -1.78. The summed E-state index contributed by atoms with van der Waals surface area (Å²) in [7, 11) is -0.967. The lowest BCUT2D eigenvalue weighted by atomic mass is 10.2. The molecule has 1 heterocycles. The Morgan fingerprint density at radius 3 is 2.43 bits per heavy atom. The van der Waals surface area contributed by atoms with Crippen molar-refractivity contribution in [1.82, 2.24) is 5.32 Å². The highest BCUT2D eigenvalue weighted by Gasteiger charge is 2.28. The van der Waals surface area contributed by atoms with E-state index in [4.69, 9.17) is 5.11 Å². The Bertz CT molecular complexity index is 313. The van der Waals surface area contributed by atoms with Crippen LogP contribution in [0, 0.1) is 0 Å². The molecule has 0 aliphatic carbocycles. The summed E-state index contributed by atoms with van der Waals surface area (Å²) in [5, 5.41) is 10.4. The van der Waals surface area contributed by atoms with Gasteiger partial charge in [0.2, 0.25) is 0 Å². The van der Waals surface area contributed by atoms with Crippen molar-refractivity contribution >= 4 is 28.5 Å². The molecule has 2 N–H and O–H groups in total. The largest absolute Gasteiger partial charge is 0.475 e. The zero-order chi connectivity index (χ0) is 10.7. The van der Waals surface area contributed by atoms with Crippen LogP contribution in [-0.4, -0.2) is 44.5 Å². The van der Waals surface area contributed by atoms with Crippen molar-refractivity contribution in [2.24, 2.45) is 0 Å². The topological polar surface area (TPSA) is 101 Å². The van der Waals surface area contributed by atoms with Gasteiger partial charge < -0.3 is 10.4 Å². The van der Waals surface area contributed by atoms with E-state index in [0.717, 1.165) is 0 Å². The van der Waals surface area contributed by atoms with Crippen LogP contribution in [0.2, 0.25) is 0 Å². The van der Waals surface area contributed by atoms with Crippen LogP contribution in [0.3, 0.4) is 0 Å². The van der Waals surface area contributed by atoms with Crippen LogP contribution in [-0.2, 0) is 25.2 Å². The average Bonchev–Trinajstić information content (AvgIpc) is 2.49. The van der Waals surface area contributed by atoms with Gasteiger partial charge in [0.05, 0.1) is 0 Å². The van der Waals surface area contributed by atoms with Crippen molar-refractivity contribution in [3.8, 4) is 0 Å². The lowest BCUT2D eigenvalue weighted by molar-refractivity contribution is -0.153. The molecule has 0 aromatic heterocycles. The molecule has 0 aromatic carbocycles. The van der Waals surface area contributed by atoms with E-state index >= 15 is 0 Å². The first-order valence-electron chi connectivity index (χ1n) is 3.94. The second-order valence-electron chi connectivity index (χ2n) is 2.90. The molecule has 1 aliphatic rings. The molecular weight excluding hydrogens is 210 g/mol. The standard InChI is InChI=1S/C7H9NO5S/c9-5(7(11)12)6(10)8-4-1-2-14(13)3-4/h4H,1-3H2,(H,8,10)(H,11,12). The van der Waals surface area contributed by atoms with Crippen molar-refractivity contribution < 1.29 is 23.7 Å². The van der Waals surface area contributed by atoms with Crippen molar-refractivity contribution in [3.05, 3.63) is 0 Å². The smallest absolute Gasteiger partial charge is 0.382 e. The maximum atomic E-state index is 10.9. The molecule has 7 heteroatoms. The number of carboxylic acid groups (broad SMARTS) is 1. The molecule has 1 fully saturated rings. The Morgan fingerprint density at radius 2 is 2.00 bits per heavy atom. The minimum absolute atomic E-state index is 0.290. The van der Waals surface area contributed by atoms with Crippen molar-refractivity contribution in [1.29, 1.82) is 0 Å². The molecule has 78 valence electrons. The number of aliphatic carboxylic acids is 1. The third-order valence-corrected chi connectivity index (χ3v) is 3.28. The zero-order valence-corrected chi connectivity index (χ0v) is 8.00. The summed E-state index contributed by atoms with van der Waals surface area (Å²) in [6, 6.07) is -0.341. The van der Waals surface area contributed by atoms with E-state index in [9.17, 15) is 18.6 Å². The van der Waals surface area contributed by atoms with Crippen LogP contribution in [0.1, 0.15) is 6.42 Å². The van der Waals surface area contributed by atoms with Gasteiger partial charge in [-0.3, -0.25) is 13.8 Å². The highest BCUT2D eigenvalue weighted by molar-refractivity contribution is 7.85. The summed E-state index contributed by atoms with van der Waals surface area (Å²) in [6.07, 6.45) is 0.519. The Balaban J connectivity index is 2.45. The molecule has 0 spiro atoms. The monoisotopic (exact) mass is 219 g/mol. The van der Waals surface area contributed by atoms with Crippen LogP contribution >= 0.6 is 0 Å². The number of carboxylic acids is 1. The lowest BCUT2D eigenvalue weighted by Gasteiger charge is -2.07. The number of rotatable bonds is 3. The van der Waals surface area contributed by atoms with E-state index in [2.05, 4.69) is 5.32 Å². The van der Waals surface area contributed by atoms with Crippen LogP contribution in [0.15, 0.2) is 0 Å². The fraction of sp³-hybridized carbons (Fsp3) is 0.571. The average molecular weight is 219 g/mol. The summed E-state index contributed by atoms with van der Waals surface area (Å²) >= 11 is 0. The third-order valence-electron chi connectivity index (χ3n) is 1.82. The van der Waals surface area contributed by atoms with Crippen molar-refractivity contribution in [2.45, 2.75) is 12.5 Å². The number of nitrogens with one attached hydrogen (secondary N) is 1. The normalized spacial score (nSPS) is 25.7. The first kappa shape index (κ1) is 10.8. The Kier molecular flexibility index (Phi) is 3.34. The van der Waals surface area contributed by atoms with E-state index in [1.165, 1.54) is 0 Å². The van der Waals surface area contributed by atoms with E-state index in [1.54, 1.807) is 0 Å². The van der Waals surface area contributed by atoms with E-state index < -0.39 is 28.5 Å². The fourth-order valence-electron chi connectivity index (χ4n) is 1.13. The van der Waals surface area contributed by atoms with Gasteiger partial charge in [0.1, 0.15) is 0 Å². The molecule has 0 radical (unpaired) electrons. The number of hydrogen-bond acceptors (Lipinski definition) is 4. The first-order chi connectivity index (χ1) is 6.50. The van der Waals surface area contributed by atoms with Gasteiger partial charge in [0.25, 0.3) is 5.91 Å². The molecule has 2 unspecified atom stereocenters. The lowest BCUT2D eigenvalue weighted by Crippen LogP contribution is -2.42. The van der Waals surface area contributed by atoms with Gasteiger partial charge >= 0.3 is 11.8 Å². The predicted molar refractivity (Wildman–Crippen MR) is 47.1 cm³/mol. The van der Waals surface area contributed by atoms with Gasteiger partial charge in [-0.05, 0) is 6.42 Å². The molecule has 0 bridgehead atoms. The summed E-state index contributed by atoms with van der Waals surface area (Å²) in [4.78, 5) is 31.6. The molecule has 14 heavy (non-hydrogen) atoms. The summed E-state index contributed by atoms with van der Waals surface area (Å²) in [5.74, 6) is -3.63. The fourth-order valence-corrected chi connectivity index (χ4v) is 2.54. The van der Waals surface area contributed by atoms with Crippen LogP contribution < -0.4 is 5.32 Å². The number of hydrogen-bond donors (Lipinski definition) is 2. The van der Waals surface area contributed by atoms with E-state index in [0.29, 0.717) is 17.9 Å². The van der Waals surface area contributed by atoms with Gasteiger partial charge in [-0.2, -0.15) is 0 Å². The maximum Gasteiger partial charge on any atom is 0.382 e. The molecule has 2 atom stereocenters. The number of carbonyl (C=O) groups excluding carboxylic acids is 2. The van der Waals surface area contributed by atoms with E-state index in [-0.39, 0.29) is 6.04 Å². The zero-order valence-electron chi connectivity index (χ0n) is 7.19. The number of carbonyl (C=O) groups is 3. The summed E-state index contributed by atoms with van der Waals surface area (Å²) in [5.41, 5.74) is 0. The second kappa shape index (κ2) is 4.32. The number of Topliss-reactive ketones (excluding diaryl/α,β-unsaturated/α-hetero) is 1. The highest BCUT2D eigenvalue weighted by Crippen LogP contribution is 2.06. The summed E-state index contributed by atoms with van der Waals surface area (Å²) < 4.78 is 10.9. The number of ketones is 1. The Labute approximate surface area is 82.1 Å². The predicted octanol–water partition coefficient (Wildman–Crippen LogP) is -1.72. The molecule has 1 saturated heterocycles. The molecule has 6 nitrogen and oxygen atoms in total. The molecule has 0 aromatic rings. The van der Waals surface area contributed by atoms with Gasteiger partial charge in [-0.15, -0.1) is 0 Å². The maximum absolute atomic E-state index is 10.9. The van der Waals surface area contributed by atoms with Gasteiger partial charge in [-0.1, -0.05) is 0 Å². The van der Waals surface area contributed by atoms with Crippen molar-refractivity contribution in [3.63, 3.8) is 0 Å². The summed E-state index contributed by atoms with van der Waals surface area (Å²) in [6.45, 7) is 0. The van der Waals surface area contributed by atoms with Gasteiger partial charge in [0.15, 0.2) is 0 Å². The molecule has 0 saturated carbocycles. The third kappa shape index (κ3) is 2.63. The minimum Gasteiger partial charge on any atom is -0.475 e. The highest BCUT2D eigenvalue weighted by atomic mass is 32.2. The quantitative estimate of drug-likeness (QED) is 0.434. The molecule has 1 rings (SSSR count). The molecule has 1 aliphatic heterocycles. The first-order valence-corrected chi connectivity index (χ1v) is 5.42.